The topological polar surface area (TPSA) is 85.2 Å². The number of nitriles is 1. The molecule has 1 aromatic rings. The third-order valence-electron chi connectivity index (χ3n) is 3.88. The van der Waals surface area contributed by atoms with E-state index in [4.69, 9.17) is 5.26 Å². The van der Waals surface area contributed by atoms with Gasteiger partial charge < -0.3 is 5.32 Å². The van der Waals surface area contributed by atoms with Gasteiger partial charge in [-0.05, 0) is 17.7 Å². The molecule has 0 bridgehead atoms. The fraction of sp³-hybridized carbons (Fsp3) is 0.533. The van der Waals surface area contributed by atoms with Gasteiger partial charge in [0.25, 0.3) is 0 Å². The molecule has 1 heterocycles. The van der Waals surface area contributed by atoms with Crippen LogP contribution in [0.5, 0.6) is 0 Å². The van der Waals surface area contributed by atoms with Crippen molar-refractivity contribution >= 4 is 10.0 Å². The van der Waals surface area contributed by atoms with Crippen LogP contribution in [0.15, 0.2) is 24.3 Å². The Kier molecular flexibility index (Phi) is 6.40. The van der Waals surface area contributed by atoms with Gasteiger partial charge in [0.05, 0.1) is 17.4 Å². The number of rotatable bonds is 6. The van der Waals surface area contributed by atoms with E-state index in [0.717, 1.165) is 0 Å². The number of hydrogen-bond acceptors (Lipinski definition) is 5. The monoisotopic (exact) mass is 376 g/mol. The first-order valence-electron chi connectivity index (χ1n) is 7.69. The minimum Gasteiger partial charge on any atom is -0.314 e. The maximum Gasteiger partial charge on any atom is 0.405 e. The van der Waals surface area contributed by atoms with Gasteiger partial charge in [-0.15, -0.1) is 0 Å². The van der Waals surface area contributed by atoms with Crippen molar-refractivity contribution < 1.29 is 21.6 Å². The number of nitrogens with zero attached hydrogens (tertiary/aromatic N) is 2. The van der Waals surface area contributed by atoms with E-state index >= 15 is 0 Å². The molecule has 1 aliphatic rings. The first kappa shape index (κ1) is 19.7. The third-order valence-corrected chi connectivity index (χ3v) is 5.20. The maximum atomic E-state index is 13.3. The number of halogens is 3. The molecule has 6 nitrogen and oxygen atoms in total. The number of nitrogens with one attached hydrogen (secondary N) is 2. The molecule has 0 aromatic heterocycles. The van der Waals surface area contributed by atoms with Gasteiger partial charge in [0, 0.05) is 32.7 Å². The molecule has 10 heteroatoms. The molecule has 1 atom stereocenters. The normalized spacial score (nSPS) is 17.8. The van der Waals surface area contributed by atoms with E-state index in [-0.39, 0.29) is 13.1 Å². The molecule has 0 amide bonds. The predicted octanol–water partition coefficient (Wildman–Crippen LogP) is 0.814. The zero-order valence-corrected chi connectivity index (χ0v) is 14.2. The standard InChI is InChI=1S/C15H19F3N4O2S/c16-15(17,18)14(22-6-4-20-5-7-22)10-21-25(23,24)11-13-3-1-2-12(8-13)9-19/h1-3,8,14,20-21H,4-7,10-11H2. The number of piperazine rings is 1. The van der Waals surface area contributed by atoms with Crippen molar-refractivity contribution in [3.8, 4) is 6.07 Å². The average Bonchev–Trinajstić information content (AvgIpc) is 2.54. The van der Waals surface area contributed by atoms with Gasteiger partial charge in [-0.3, -0.25) is 4.90 Å². The van der Waals surface area contributed by atoms with Crippen molar-refractivity contribution in [2.24, 2.45) is 0 Å². The quantitative estimate of drug-likeness (QED) is 0.768. The number of alkyl halides is 3. The molecule has 0 saturated carbocycles. The van der Waals surface area contributed by atoms with Crippen LogP contribution in [-0.4, -0.2) is 58.3 Å². The average molecular weight is 376 g/mol. The molecular formula is C15H19F3N4O2S. The summed E-state index contributed by atoms with van der Waals surface area (Å²) in [5, 5.41) is 11.8. The molecule has 0 aliphatic carbocycles. The van der Waals surface area contributed by atoms with Crippen molar-refractivity contribution in [2.75, 3.05) is 32.7 Å². The number of hydrogen-bond donors (Lipinski definition) is 2. The highest BCUT2D eigenvalue weighted by Gasteiger charge is 2.44. The van der Waals surface area contributed by atoms with Gasteiger partial charge in [-0.2, -0.15) is 18.4 Å². The summed E-state index contributed by atoms with van der Waals surface area (Å²) in [4.78, 5) is 1.23. The van der Waals surface area contributed by atoms with E-state index in [9.17, 15) is 21.6 Å². The van der Waals surface area contributed by atoms with Crippen molar-refractivity contribution in [3.05, 3.63) is 35.4 Å². The molecule has 1 unspecified atom stereocenters. The van der Waals surface area contributed by atoms with Crippen molar-refractivity contribution in [2.45, 2.75) is 18.0 Å². The van der Waals surface area contributed by atoms with E-state index < -0.39 is 34.5 Å². The summed E-state index contributed by atoms with van der Waals surface area (Å²) in [7, 11) is -3.96. The Labute approximate surface area is 144 Å². The van der Waals surface area contributed by atoms with E-state index in [2.05, 4.69) is 10.0 Å². The van der Waals surface area contributed by atoms with E-state index in [1.807, 2.05) is 6.07 Å². The Morgan fingerprint density at radius 1 is 1.32 bits per heavy atom. The predicted molar refractivity (Wildman–Crippen MR) is 86.1 cm³/mol. The maximum absolute atomic E-state index is 13.3. The smallest absolute Gasteiger partial charge is 0.314 e. The third kappa shape index (κ3) is 5.97. The van der Waals surface area contributed by atoms with Crippen molar-refractivity contribution in [1.29, 1.82) is 5.26 Å². The minimum absolute atomic E-state index is 0.204. The molecule has 0 radical (unpaired) electrons. The molecule has 1 fully saturated rings. The highest BCUT2D eigenvalue weighted by molar-refractivity contribution is 7.88. The second-order valence-electron chi connectivity index (χ2n) is 5.76. The summed E-state index contributed by atoms with van der Waals surface area (Å²) in [6.07, 6.45) is -4.53. The highest BCUT2D eigenvalue weighted by Crippen LogP contribution is 2.25. The SMILES string of the molecule is N#Cc1cccc(CS(=O)(=O)NCC(N2CCNCC2)C(F)(F)F)c1. The fourth-order valence-corrected chi connectivity index (χ4v) is 3.78. The zero-order chi connectivity index (χ0) is 18.5. The Morgan fingerprint density at radius 2 is 2.00 bits per heavy atom. The Hall–Kier alpha value is -1.67. The highest BCUT2D eigenvalue weighted by atomic mass is 32.2. The molecule has 2 rings (SSSR count). The lowest BCUT2D eigenvalue weighted by atomic mass is 10.2. The van der Waals surface area contributed by atoms with Crippen LogP contribution in [0.1, 0.15) is 11.1 Å². The summed E-state index contributed by atoms with van der Waals surface area (Å²) in [5.74, 6) is -0.478. The minimum atomic E-state index is -4.53. The Balaban J connectivity index is 2.03. The summed E-state index contributed by atoms with van der Waals surface area (Å²) in [6.45, 7) is 0.538. The van der Waals surface area contributed by atoms with Crippen LogP contribution < -0.4 is 10.0 Å². The number of benzene rings is 1. The summed E-state index contributed by atoms with van der Waals surface area (Å²) in [6, 6.07) is 5.99. The second-order valence-corrected chi connectivity index (χ2v) is 7.57. The van der Waals surface area contributed by atoms with Gasteiger partial charge in [0.1, 0.15) is 6.04 Å². The zero-order valence-electron chi connectivity index (χ0n) is 13.4. The molecule has 25 heavy (non-hydrogen) atoms. The summed E-state index contributed by atoms with van der Waals surface area (Å²) < 4.78 is 66.1. The molecule has 1 aliphatic heterocycles. The molecule has 2 N–H and O–H groups in total. The number of sulfonamides is 1. The Bertz CT molecular complexity index is 725. The molecule has 1 aromatic carbocycles. The van der Waals surface area contributed by atoms with Crippen LogP contribution in [-0.2, 0) is 15.8 Å². The van der Waals surface area contributed by atoms with Gasteiger partial charge in [-0.25, -0.2) is 13.1 Å². The fourth-order valence-electron chi connectivity index (χ4n) is 2.65. The van der Waals surface area contributed by atoms with E-state index in [1.165, 1.54) is 29.2 Å². The molecule has 138 valence electrons. The van der Waals surface area contributed by atoms with Crippen LogP contribution >= 0.6 is 0 Å². The van der Waals surface area contributed by atoms with Crippen LogP contribution in [0.2, 0.25) is 0 Å². The van der Waals surface area contributed by atoms with Gasteiger partial charge in [-0.1, -0.05) is 12.1 Å². The van der Waals surface area contributed by atoms with Gasteiger partial charge >= 0.3 is 6.18 Å². The first-order chi connectivity index (χ1) is 11.7. The van der Waals surface area contributed by atoms with E-state index in [1.54, 1.807) is 0 Å². The molecular weight excluding hydrogens is 357 g/mol. The molecule has 0 spiro atoms. The lowest BCUT2D eigenvalue weighted by Gasteiger charge is -2.35. The van der Waals surface area contributed by atoms with Gasteiger partial charge in [0.15, 0.2) is 0 Å². The Morgan fingerprint density at radius 3 is 2.60 bits per heavy atom. The van der Waals surface area contributed by atoms with Crippen molar-refractivity contribution in [1.82, 2.24) is 14.9 Å². The molecule has 1 saturated heterocycles. The first-order valence-corrected chi connectivity index (χ1v) is 9.34. The van der Waals surface area contributed by atoms with Crippen LogP contribution in [0.4, 0.5) is 13.2 Å². The summed E-state index contributed by atoms with van der Waals surface area (Å²) >= 11 is 0. The second kappa shape index (κ2) is 8.14. The summed E-state index contributed by atoms with van der Waals surface area (Å²) in [5.41, 5.74) is 0.638. The van der Waals surface area contributed by atoms with Crippen molar-refractivity contribution in [3.63, 3.8) is 0 Å². The van der Waals surface area contributed by atoms with Crippen LogP contribution in [0, 0.1) is 11.3 Å². The van der Waals surface area contributed by atoms with Crippen LogP contribution in [0.3, 0.4) is 0 Å². The largest absolute Gasteiger partial charge is 0.405 e. The lowest BCUT2D eigenvalue weighted by Crippen LogP contribution is -2.57. The van der Waals surface area contributed by atoms with Gasteiger partial charge in [0.2, 0.25) is 10.0 Å². The van der Waals surface area contributed by atoms with Crippen LogP contribution in [0.25, 0.3) is 0 Å². The van der Waals surface area contributed by atoms with E-state index in [0.29, 0.717) is 24.2 Å². The lowest BCUT2D eigenvalue weighted by molar-refractivity contribution is -0.182.